The van der Waals surface area contributed by atoms with Gasteiger partial charge in [-0.25, -0.2) is 4.79 Å². The topological polar surface area (TPSA) is 178 Å². The Morgan fingerprint density at radius 1 is 1.17 bits per heavy atom. The minimum Gasteiger partial charge on any atom is -0.480 e. The van der Waals surface area contributed by atoms with E-state index in [1.54, 1.807) is 6.20 Å². The number of nitrogens with one attached hydrogen (secondary N) is 3. The number of carboxylic acids is 1. The van der Waals surface area contributed by atoms with Gasteiger partial charge in [0, 0.05) is 30.1 Å². The van der Waals surface area contributed by atoms with Crippen LogP contribution in [0.1, 0.15) is 38.7 Å². The Morgan fingerprint density at radius 2 is 1.89 bits per heavy atom. The molecule has 36 heavy (non-hydrogen) atoms. The zero-order chi connectivity index (χ0) is 26.4. The van der Waals surface area contributed by atoms with Crippen LogP contribution in [0.25, 0.3) is 10.9 Å². The highest BCUT2D eigenvalue weighted by molar-refractivity contribution is 5.95. The van der Waals surface area contributed by atoms with Crippen LogP contribution >= 0.6 is 0 Å². The van der Waals surface area contributed by atoms with Crippen LogP contribution < -0.4 is 16.4 Å². The summed E-state index contributed by atoms with van der Waals surface area (Å²) in [5.41, 5.74) is 7.68. The lowest BCUT2D eigenvalue weighted by atomic mass is 10.0. The molecule has 1 fully saturated rings. The molecule has 1 saturated heterocycles. The van der Waals surface area contributed by atoms with E-state index in [1.807, 2.05) is 38.1 Å². The van der Waals surface area contributed by atoms with Gasteiger partial charge in [-0.1, -0.05) is 32.0 Å². The fraction of sp³-hybridized carbons (Fsp3) is 0.520. The lowest BCUT2D eigenvalue weighted by molar-refractivity contribution is -0.144. The third-order valence-electron chi connectivity index (χ3n) is 6.41. The van der Waals surface area contributed by atoms with Crippen molar-refractivity contribution in [2.75, 3.05) is 13.2 Å². The van der Waals surface area contributed by atoms with Crippen LogP contribution in [0.15, 0.2) is 30.5 Å². The van der Waals surface area contributed by atoms with Crippen LogP contribution in [0.3, 0.4) is 0 Å². The number of nitrogens with two attached hydrogens (primary N) is 1. The molecule has 0 bridgehead atoms. The van der Waals surface area contributed by atoms with Gasteiger partial charge in [-0.05, 0) is 36.8 Å². The summed E-state index contributed by atoms with van der Waals surface area (Å²) in [6, 6.07) is 3.32. The fourth-order valence-electron chi connectivity index (χ4n) is 4.58. The number of benzene rings is 1. The number of nitrogens with zero attached hydrogens (tertiary/aromatic N) is 1. The van der Waals surface area contributed by atoms with Gasteiger partial charge in [0.15, 0.2) is 0 Å². The van der Waals surface area contributed by atoms with Crippen LogP contribution in [0.5, 0.6) is 0 Å². The quantitative estimate of drug-likeness (QED) is 0.253. The minimum atomic E-state index is -1.52. The van der Waals surface area contributed by atoms with E-state index in [1.165, 1.54) is 4.90 Å². The SMILES string of the molecule is CC(C)CC(N)C(=O)N1CCCC1C(=O)NC(Cc1c[nH]c2ccccc12)C(=O)NC(CO)C(=O)O. The number of rotatable bonds is 11. The summed E-state index contributed by atoms with van der Waals surface area (Å²) >= 11 is 0. The summed E-state index contributed by atoms with van der Waals surface area (Å²) in [5.74, 6) is -2.73. The zero-order valence-corrected chi connectivity index (χ0v) is 20.6. The van der Waals surface area contributed by atoms with Crippen molar-refractivity contribution in [3.05, 3.63) is 36.0 Å². The van der Waals surface area contributed by atoms with E-state index in [2.05, 4.69) is 15.6 Å². The highest BCUT2D eigenvalue weighted by atomic mass is 16.4. The van der Waals surface area contributed by atoms with Gasteiger partial charge in [-0.2, -0.15) is 0 Å². The number of likely N-dealkylation sites (tertiary alicyclic amines) is 1. The number of aromatic amines is 1. The predicted octanol–water partition coefficient (Wildman–Crippen LogP) is 0.121. The Hall–Kier alpha value is -3.44. The zero-order valence-electron chi connectivity index (χ0n) is 20.6. The van der Waals surface area contributed by atoms with Gasteiger partial charge >= 0.3 is 5.97 Å². The van der Waals surface area contributed by atoms with Crippen molar-refractivity contribution in [1.82, 2.24) is 20.5 Å². The lowest BCUT2D eigenvalue weighted by Crippen LogP contribution is -2.57. The Bertz CT molecular complexity index is 1100. The van der Waals surface area contributed by atoms with E-state index in [-0.39, 0.29) is 18.2 Å². The summed E-state index contributed by atoms with van der Waals surface area (Å²) in [5, 5.41) is 24.5. The number of amides is 3. The molecule has 1 aromatic heterocycles. The molecule has 3 rings (SSSR count). The number of aliphatic carboxylic acids is 1. The van der Waals surface area contributed by atoms with Crippen molar-refractivity contribution in [3.63, 3.8) is 0 Å². The lowest BCUT2D eigenvalue weighted by Gasteiger charge is -2.29. The van der Waals surface area contributed by atoms with Crippen molar-refractivity contribution in [1.29, 1.82) is 0 Å². The Morgan fingerprint density at radius 3 is 2.56 bits per heavy atom. The van der Waals surface area contributed by atoms with Crippen molar-refractivity contribution in [2.24, 2.45) is 11.7 Å². The molecule has 0 saturated carbocycles. The van der Waals surface area contributed by atoms with Crippen LogP contribution in [0.4, 0.5) is 0 Å². The first kappa shape index (κ1) is 27.2. The van der Waals surface area contributed by atoms with Crippen molar-refractivity contribution in [3.8, 4) is 0 Å². The molecule has 2 aromatic rings. The number of H-pyrrole nitrogens is 1. The number of carbonyl (C=O) groups is 4. The first-order chi connectivity index (χ1) is 17.1. The maximum absolute atomic E-state index is 13.3. The van der Waals surface area contributed by atoms with Gasteiger partial charge in [0.25, 0.3) is 0 Å². The number of carboxylic acid groups (broad SMARTS) is 1. The van der Waals surface area contributed by atoms with E-state index < -0.39 is 48.6 Å². The largest absolute Gasteiger partial charge is 0.480 e. The molecule has 2 heterocycles. The highest BCUT2D eigenvalue weighted by Crippen LogP contribution is 2.22. The summed E-state index contributed by atoms with van der Waals surface area (Å²) in [6.07, 6.45) is 3.36. The van der Waals surface area contributed by atoms with Gasteiger partial charge in [0.1, 0.15) is 18.1 Å². The van der Waals surface area contributed by atoms with Crippen LogP contribution in [0.2, 0.25) is 0 Å². The number of hydrogen-bond donors (Lipinski definition) is 6. The molecule has 0 radical (unpaired) electrons. The van der Waals surface area contributed by atoms with E-state index in [0.717, 1.165) is 16.5 Å². The van der Waals surface area contributed by atoms with E-state index in [0.29, 0.717) is 25.8 Å². The standard InChI is InChI=1S/C25H35N5O6/c1-14(2)10-17(26)24(34)30-9-5-8-21(30)23(33)28-19(22(32)29-20(13-31)25(35)36)11-15-12-27-18-7-4-3-6-16(15)18/h3-4,6-7,12,14,17,19-21,27,31H,5,8-11,13,26H2,1-2H3,(H,28,33)(H,29,32)(H,35,36). The third kappa shape index (κ3) is 6.41. The molecular weight excluding hydrogens is 466 g/mol. The molecule has 1 aliphatic rings. The highest BCUT2D eigenvalue weighted by Gasteiger charge is 2.38. The summed E-state index contributed by atoms with van der Waals surface area (Å²) < 4.78 is 0. The van der Waals surface area contributed by atoms with E-state index in [4.69, 9.17) is 5.73 Å². The van der Waals surface area contributed by atoms with Crippen LogP contribution in [0, 0.1) is 5.92 Å². The van der Waals surface area contributed by atoms with E-state index in [9.17, 15) is 29.4 Å². The average Bonchev–Trinajstić information content (AvgIpc) is 3.48. The second-order valence-electron chi connectivity index (χ2n) is 9.63. The summed E-state index contributed by atoms with van der Waals surface area (Å²) in [7, 11) is 0. The van der Waals surface area contributed by atoms with Gasteiger partial charge < -0.3 is 36.5 Å². The average molecular weight is 502 g/mol. The number of aliphatic hydroxyl groups excluding tert-OH is 1. The molecule has 4 atom stereocenters. The second-order valence-corrected chi connectivity index (χ2v) is 9.63. The van der Waals surface area contributed by atoms with Gasteiger partial charge in [0.2, 0.25) is 17.7 Å². The number of aliphatic hydroxyl groups is 1. The van der Waals surface area contributed by atoms with Gasteiger partial charge in [-0.3, -0.25) is 14.4 Å². The van der Waals surface area contributed by atoms with E-state index >= 15 is 0 Å². The minimum absolute atomic E-state index is 0.0763. The third-order valence-corrected chi connectivity index (χ3v) is 6.41. The maximum atomic E-state index is 13.3. The molecule has 3 amide bonds. The molecule has 11 heteroatoms. The molecule has 1 aliphatic heterocycles. The van der Waals surface area contributed by atoms with Crippen LogP contribution in [-0.4, -0.2) is 81.1 Å². The number of carbonyl (C=O) groups excluding carboxylic acids is 3. The van der Waals surface area contributed by atoms with Crippen molar-refractivity contribution >= 4 is 34.6 Å². The first-order valence-electron chi connectivity index (χ1n) is 12.2. The Kier molecular flexibility index (Phi) is 9.05. The molecule has 11 nitrogen and oxygen atoms in total. The fourth-order valence-corrected chi connectivity index (χ4v) is 4.58. The number of aromatic nitrogens is 1. The number of fused-ring (bicyclic) bond motifs is 1. The predicted molar refractivity (Wildman–Crippen MR) is 133 cm³/mol. The van der Waals surface area contributed by atoms with Crippen LogP contribution in [-0.2, 0) is 25.6 Å². The maximum Gasteiger partial charge on any atom is 0.328 e. The monoisotopic (exact) mass is 501 g/mol. The van der Waals surface area contributed by atoms with Crippen molar-refractivity contribution < 1.29 is 29.4 Å². The van der Waals surface area contributed by atoms with Gasteiger partial charge in [-0.15, -0.1) is 0 Å². The molecule has 7 N–H and O–H groups in total. The van der Waals surface area contributed by atoms with Crippen molar-refractivity contribution in [2.45, 2.75) is 63.7 Å². The normalized spacial score (nSPS) is 18.1. The molecule has 1 aromatic carbocycles. The first-order valence-corrected chi connectivity index (χ1v) is 12.2. The summed E-state index contributed by atoms with van der Waals surface area (Å²) in [4.78, 5) is 55.2. The molecule has 4 unspecified atom stereocenters. The van der Waals surface area contributed by atoms with Gasteiger partial charge in [0.05, 0.1) is 12.6 Å². The number of para-hydroxylation sites is 1. The summed E-state index contributed by atoms with van der Waals surface area (Å²) in [6.45, 7) is 3.53. The smallest absolute Gasteiger partial charge is 0.328 e. The molecule has 0 aliphatic carbocycles. The number of hydrogen-bond acceptors (Lipinski definition) is 6. The molecule has 0 spiro atoms. The Balaban J connectivity index is 1.80. The Labute approximate surface area is 209 Å². The second kappa shape index (κ2) is 12.0. The molecule has 196 valence electrons. The molecular formula is C25H35N5O6.